The molecule has 7 heteroatoms. The van der Waals surface area contributed by atoms with E-state index in [0.717, 1.165) is 11.3 Å². The highest BCUT2D eigenvalue weighted by Gasteiger charge is 2.22. The van der Waals surface area contributed by atoms with E-state index in [-0.39, 0.29) is 5.78 Å². The fraction of sp³-hybridized carbons (Fsp3) is 0.625. The number of Topliss-reactive ketones (excluding diaryl/α,β-unsaturated/α-hetero) is 1. The smallest absolute Gasteiger partial charge is 0.209 e. The predicted molar refractivity (Wildman–Crippen MR) is 89.9 cm³/mol. The molecule has 0 amide bonds. The van der Waals surface area contributed by atoms with Crippen molar-refractivity contribution in [2.24, 2.45) is 7.05 Å². The maximum absolute atomic E-state index is 12.6. The highest BCUT2D eigenvalue weighted by atomic mass is 32.2. The molecule has 2 aromatic rings. The van der Waals surface area contributed by atoms with Gasteiger partial charge in [-0.3, -0.25) is 4.79 Å². The van der Waals surface area contributed by atoms with E-state index in [2.05, 4.69) is 33.9 Å². The number of tetrazole rings is 1. The molecular formula is C16H23N5OS. The van der Waals surface area contributed by atoms with Crippen LogP contribution in [-0.2, 0) is 7.05 Å². The molecule has 0 spiro atoms. The monoisotopic (exact) mass is 333 g/mol. The third kappa shape index (κ3) is 3.34. The first kappa shape index (κ1) is 16.2. The average molecular weight is 333 g/mol. The summed E-state index contributed by atoms with van der Waals surface area (Å²) in [6, 6.07) is 2.60. The molecule has 1 aliphatic carbocycles. The second-order valence-electron chi connectivity index (χ2n) is 6.24. The SMILES string of the molecule is Cc1cc(C(=O)CSc2nnnn2C)c(C)n1C1CCCCC1. The lowest BCUT2D eigenvalue weighted by Gasteiger charge is -2.26. The van der Waals surface area contributed by atoms with E-state index >= 15 is 0 Å². The number of hydrogen-bond acceptors (Lipinski definition) is 5. The number of hydrogen-bond donors (Lipinski definition) is 0. The Morgan fingerprint density at radius 1 is 1.30 bits per heavy atom. The van der Waals surface area contributed by atoms with E-state index in [1.54, 1.807) is 11.7 Å². The molecule has 124 valence electrons. The van der Waals surface area contributed by atoms with Gasteiger partial charge in [-0.1, -0.05) is 31.0 Å². The Labute approximate surface area is 140 Å². The van der Waals surface area contributed by atoms with Crippen LogP contribution in [-0.4, -0.2) is 36.3 Å². The van der Waals surface area contributed by atoms with Crippen LogP contribution in [0.4, 0.5) is 0 Å². The molecule has 0 radical (unpaired) electrons. The maximum atomic E-state index is 12.6. The van der Waals surface area contributed by atoms with Crippen LogP contribution in [0.15, 0.2) is 11.2 Å². The third-order valence-electron chi connectivity index (χ3n) is 4.64. The molecule has 23 heavy (non-hydrogen) atoms. The number of rotatable bonds is 5. The minimum atomic E-state index is 0.146. The van der Waals surface area contributed by atoms with Crippen molar-refractivity contribution < 1.29 is 4.79 Å². The van der Waals surface area contributed by atoms with Crippen molar-refractivity contribution >= 4 is 17.5 Å². The van der Waals surface area contributed by atoms with Crippen molar-refractivity contribution in [2.45, 2.75) is 57.1 Å². The van der Waals surface area contributed by atoms with Crippen LogP contribution in [0.25, 0.3) is 0 Å². The van der Waals surface area contributed by atoms with Gasteiger partial charge in [0, 0.05) is 30.0 Å². The van der Waals surface area contributed by atoms with Gasteiger partial charge < -0.3 is 4.57 Å². The largest absolute Gasteiger partial charge is 0.345 e. The van der Waals surface area contributed by atoms with Crippen LogP contribution >= 0.6 is 11.8 Å². The van der Waals surface area contributed by atoms with E-state index in [1.807, 2.05) is 6.07 Å². The van der Waals surface area contributed by atoms with Gasteiger partial charge in [-0.2, -0.15) is 0 Å². The van der Waals surface area contributed by atoms with E-state index in [0.29, 0.717) is 17.0 Å². The van der Waals surface area contributed by atoms with E-state index in [4.69, 9.17) is 0 Å². The summed E-state index contributed by atoms with van der Waals surface area (Å²) in [5.41, 5.74) is 3.15. The molecule has 0 unspecified atom stereocenters. The second-order valence-corrected chi connectivity index (χ2v) is 7.19. The van der Waals surface area contributed by atoms with Gasteiger partial charge in [0.1, 0.15) is 0 Å². The molecule has 0 atom stereocenters. The molecule has 2 heterocycles. The average Bonchev–Trinajstić information content (AvgIpc) is 3.09. The summed E-state index contributed by atoms with van der Waals surface area (Å²) in [7, 11) is 1.78. The minimum Gasteiger partial charge on any atom is -0.345 e. The molecule has 0 aromatic carbocycles. The molecule has 6 nitrogen and oxygen atoms in total. The highest BCUT2D eigenvalue weighted by Crippen LogP contribution is 2.32. The molecule has 0 aliphatic heterocycles. The Bertz CT molecular complexity index is 699. The second kappa shape index (κ2) is 6.86. The van der Waals surface area contributed by atoms with Gasteiger partial charge in [0.05, 0.1) is 5.75 Å². The lowest BCUT2D eigenvalue weighted by molar-refractivity contribution is 0.102. The topological polar surface area (TPSA) is 65.6 Å². The minimum absolute atomic E-state index is 0.146. The van der Waals surface area contributed by atoms with Crippen LogP contribution in [0.2, 0.25) is 0 Å². The van der Waals surface area contributed by atoms with Crippen molar-refractivity contribution in [3.63, 3.8) is 0 Å². The first-order chi connectivity index (χ1) is 11.1. The zero-order valence-electron chi connectivity index (χ0n) is 13.9. The number of nitrogens with zero attached hydrogens (tertiary/aromatic N) is 5. The van der Waals surface area contributed by atoms with Crippen molar-refractivity contribution in [3.8, 4) is 0 Å². The zero-order chi connectivity index (χ0) is 16.4. The molecule has 2 aromatic heterocycles. The number of aryl methyl sites for hydroxylation is 2. The summed E-state index contributed by atoms with van der Waals surface area (Å²) in [5, 5.41) is 12.0. The van der Waals surface area contributed by atoms with Crippen LogP contribution in [0.5, 0.6) is 0 Å². The van der Waals surface area contributed by atoms with Crippen molar-refractivity contribution in [3.05, 3.63) is 23.0 Å². The van der Waals surface area contributed by atoms with Gasteiger partial charge in [-0.25, -0.2) is 4.68 Å². The Morgan fingerprint density at radius 3 is 2.70 bits per heavy atom. The summed E-state index contributed by atoms with van der Waals surface area (Å²) in [6.45, 7) is 4.18. The number of ketones is 1. The van der Waals surface area contributed by atoms with Gasteiger partial charge in [-0.05, 0) is 43.2 Å². The van der Waals surface area contributed by atoms with E-state index < -0.39 is 0 Å². The molecule has 0 bridgehead atoms. The predicted octanol–water partition coefficient (Wildman–Crippen LogP) is 3.11. The summed E-state index contributed by atoms with van der Waals surface area (Å²) < 4.78 is 3.96. The van der Waals surface area contributed by atoms with Gasteiger partial charge in [0.2, 0.25) is 5.16 Å². The van der Waals surface area contributed by atoms with Crippen molar-refractivity contribution in [1.29, 1.82) is 0 Å². The number of carbonyl (C=O) groups excluding carboxylic acids is 1. The Kier molecular flexibility index (Phi) is 4.84. The van der Waals surface area contributed by atoms with E-state index in [1.165, 1.54) is 49.6 Å². The van der Waals surface area contributed by atoms with Crippen LogP contribution in [0.1, 0.15) is 59.9 Å². The Balaban J connectivity index is 1.74. The fourth-order valence-electron chi connectivity index (χ4n) is 3.51. The highest BCUT2D eigenvalue weighted by molar-refractivity contribution is 7.99. The normalized spacial score (nSPS) is 16.0. The van der Waals surface area contributed by atoms with Crippen LogP contribution < -0.4 is 0 Å². The first-order valence-corrected chi connectivity index (χ1v) is 9.13. The molecule has 1 fully saturated rings. The van der Waals surface area contributed by atoms with Gasteiger partial charge in [0.15, 0.2) is 5.78 Å². The molecule has 1 aliphatic rings. The summed E-state index contributed by atoms with van der Waals surface area (Å²) in [5.74, 6) is 0.511. The molecule has 1 saturated carbocycles. The van der Waals surface area contributed by atoms with Crippen molar-refractivity contribution in [2.75, 3.05) is 5.75 Å². The summed E-state index contributed by atoms with van der Waals surface area (Å²) in [6.07, 6.45) is 6.37. The number of thioether (sulfide) groups is 1. The Morgan fingerprint density at radius 2 is 2.04 bits per heavy atom. The van der Waals surface area contributed by atoms with Crippen molar-refractivity contribution in [1.82, 2.24) is 24.8 Å². The quantitative estimate of drug-likeness (QED) is 0.621. The third-order valence-corrected chi connectivity index (χ3v) is 5.65. The van der Waals surface area contributed by atoms with Gasteiger partial charge in [0.25, 0.3) is 0 Å². The van der Waals surface area contributed by atoms with Crippen LogP contribution in [0.3, 0.4) is 0 Å². The lowest BCUT2D eigenvalue weighted by atomic mass is 9.95. The zero-order valence-corrected chi connectivity index (χ0v) is 14.8. The first-order valence-electron chi connectivity index (χ1n) is 8.14. The number of carbonyl (C=O) groups is 1. The maximum Gasteiger partial charge on any atom is 0.209 e. The lowest BCUT2D eigenvalue weighted by Crippen LogP contribution is -2.16. The van der Waals surface area contributed by atoms with E-state index in [9.17, 15) is 4.79 Å². The molecule has 3 rings (SSSR count). The van der Waals surface area contributed by atoms with Gasteiger partial charge >= 0.3 is 0 Å². The standard InChI is InChI=1S/C16H23N5OS/c1-11-9-14(12(2)21(11)13-7-5-4-6-8-13)15(22)10-23-16-17-18-19-20(16)3/h9,13H,4-8,10H2,1-3H3. The molecular weight excluding hydrogens is 310 g/mol. The summed E-state index contributed by atoms with van der Waals surface area (Å²) in [4.78, 5) is 12.6. The molecule has 0 N–H and O–H groups in total. The fourth-order valence-corrected chi connectivity index (χ4v) is 4.25. The van der Waals surface area contributed by atoms with Crippen LogP contribution in [0, 0.1) is 13.8 Å². The summed E-state index contributed by atoms with van der Waals surface area (Å²) >= 11 is 1.38. The Hall–Kier alpha value is -1.63. The molecule has 0 saturated heterocycles. The van der Waals surface area contributed by atoms with Gasteiger partial charge in [-0.15, -0.1) is 5.10 Å². The number of aromatic nitrogens is 5.